The van der Waals surface area contributed by atoms with Crippen LogP contribution in [0.5, 0.6) is 0 Å². The highest BCUT2D eigenvalue weighted by Crippen LogP contribution is 2.45. The lowest BCUT2D eigenvalue weighted by Crippen LogP contribution is -2.10. The highest BCUT2D eigenvalue weighted by Gasteiger charge is 2.21. The van der Waals surface area contributed by atoms with Gasteiger partial charge in [0.2, 0.25) is 0 Å². The van der Waals surface area contributed by atoms with Crippen LogP contribution in [0.3, 0.4) is 0 Å². The fourth-order valence-electron chi connectivity index (χ4n) is 7.87. The number of benzene rings is 9. The third-order valence-corrected chi connectivity index (χ3v) is 10.5. The van der Waals surface area contributed by atoms with Gasteiger partial charge in [0.15, 0.2) is 5.58 Å². The minimum absolute atomic E-state index is 0.861. The van der Waals surface area contributed by atoms with Crippen molar-refractivity contribution in [1.82, 2.24) is 0 Å². The molecule has 0 aliphatic rings. The summed E-state index contributed by atoms with van der Waals surface area (Å²) in [4.78, 5) is 2.34. The Morgan fingerprint density at radius 3 is 1.65 bits per heavy atom. The number of fused-ring (bicyclic) bond motifs is 4. The summed E-state index contributed by atoms with van der Waals surface area (Å²) >= 11 is 0. The van der Waals surface area contributed by atoms with E-state index >= 15 is 0 Å². The molecule has 0 aliphatic heterocycles. The van der Waals surface area contributed by atoms with E-state index in [1.54, 1.807) is 0 Å². The fourth-order valence-corrected chi connectivity index (χ4v) is 7.87. The standard InChI is InChI=1S/C52H35NO/c1-4-14-37(15-5-1)44-22-12-20-41-34-40(28-32-46(41)44)36-26-29-42(30-27-36)53(50-24-13-23-48-47-21-10-11-25-51(47)54-52(48)50)43-31-33-45(38-16-6-2-7-17-38)49(35-43)39-18-8-3-9-19-39/h1-35H. The first-order valence-electron chi connectivity index (χ1n) is 18.4. The number of rotatable bonds is 7. The molecule has 0 atom stereocenters. The van der Waals surface area contributed by atoms with E-state index in [4.69, 9.17) is 4.42 Å². The van der Waals surface area contributed by atoms with Crippen molar-refractivity contribution in [3.05, 3.63) is 212 Å². The maximum absolute atomic E-state index is 6.65. The van der Waals surface area contributed by atoms with Crippen molar-refractivity contribution in [2.45, 2.75) is 0 Å². The molecule has 9 aromatic carbocycles. The van der Waals surface area contributed by atoms with Crippen LogP contribution in [0.4, 0.5) is 17.1 Å². The van der Waals surface area contributed by atoms with Crippen LogP contribution in [0.2, 0.25) is 0 Å². The Bertz CT molecular complexity index is 2910. The molecule has 254 valence electrons. The molecule has 0 spiro atoms. The number of hydrogen-bond acceptors (Lipinski definition) is 2. The Kier molecular flexibility index (Phi) is 7.85. The number of anilines is 3. The summed E-state index contributed by atoms with van der Waals surface area (Å²) in [6.45, 7) is 0. The van der Waals surface area contributed by atoms with E-state index in [2.05, 4.69) is 205 Å². The van der Waals surface area contributed by atoms with Gasteiger partial charge in [0, 0.05) is 22.1 Å². The van der Waals surface area contributed by atoms with Gasteiger partial charge in [-0.2, -0.15) is 0 Å². The maximum Gasteiger partial charge on any atom is 0.159 e. The topological polar surface area (TPSA) is 16.4 Å². The van der Waals surface area contributed by atoms with Gasteiger partial charge in [-0.05, 0) is 97.7 Å². The molecule has 0 aliphatic carbocycles. The Hall–Kier alpha value is -7.16. The molecule has 0 saturated carbocycles. The molecular weight excluding hydrogens is 655 g/mol. The van der Waals surface area contributed by atoms with Crippen molar-refractivity contribution < 1.29 is 4.42 Å². The molecule has 0 radical (unpaired) electrons. The molecule has 0 bridgehead atoms. The van der Waals surface area contributed by atoms with E-state index in [0.717, 1.165) is 44.6 Å². The second kappa shape index (κ2) is 13.4. The Labute approximate surface area is 314 Å². The SMILES string of the molecule is c1ccc(-c2ccc(N(c3ccc(-c4ccc5c(-c6ccccc6)cccc5c4)cc3)c3cccc4c3oc3ccccc34)cc2-c2ccccc2)cc1. The van der Waals surface area contributed by atoms with Crippen molar-refractivity contribution in [3.63, 3.8) is 0 Å². The van der Waals surface area contributed by atoms with Crippen molar-refractivity contribution in [3.8, 4) is 44.5 Å². The summed E-state index contributed by atoms with van der Waals surface area (Å²) < 4.78 is 6.65. The average Bonchev–Trinajstić information content (AvgIpc) is 3.64. The average molecular weight is 690 g/mol. The zero-order valence-corrected chi connectivity index (χ0v) is 29.6. The molecule has 1 heterocycles. The van der Waals surface area contributed by atoms with Gasteiger partial charge in [0.1, 0.15) is 5.58 Å². The summed E-state index contributed by atoms with van der Waals surface area (Å²) in [5.74, 6) is 0. The maximum atomic E-state index is 6.65. The predicted octanol–water partition coefficient (Wildman–Crippen LogP) is 14.9. The van der Waals surface area contributed by atoms with Crippen LogP contribution in [0.1, 0.15) is 0 Å². The fraction of sp³-hybridized carbons (Fsp3) is 0. The van der Waals surface area contributed by atoms with E-state index in [0.29, 0.717) is 0 Å². The quantitative estimate of drug-likeness (QED) is 0.166. The molecule has 1 aromatic heterocycles. The highest BCUT2D eigenvalue weighted by molar-refractivity contribution is 6.10. The molecule has 2 nitrogen and oxygen atoms in total. The summed E-state index contributed by atoms with van der Waals surface area (Å²) in [5.41, 5.74) is 14.4. The molecule has 0 N–H and O–H groups in total. The zero-order chi connectivity index (χ0) is 35.8. The highest BCUT2D eigenvalue weighted by atomic mass is 16.3. The molecule has 0 amide bonds. The van der Waals surface area contributed by atoms with Crippen molar-refractivity contribution in [2.75, 3.05) is 4.90 Å². The van der Waals surface area contributed by atoms with E-state index in [1.807, 2.05) is 12.1 Å². The Morgan fingerprint density at radius 1 is 0.315 bits per heavy atom. The van der Waals surface area contributed by atoms with Crippen molar-refractivity contribution >= 4 is 49.8 Å². The summed E-state index contributed by atoms with van der Waals surface area (Å²) in [6.07, 6.45) is 0. The Morgan fingerprint density at radius 2 is 0.907 bits per heavy atom. The molecule has 10 rings (SSSR count). The summed E-state index contributed by atoms with van der Waals surface area (Å²) in [5, 5.41) is 4.69. The molecular formula is C52H35NO. The van der Waals surface area contributed by atoms with E-state index in [1.165, 1.54) is 49.7 Å². The van der Waals surface area contributed by atoms with E-state index < -0.39 is 0 Å². The summed E-state index contributed by atoms with van der Waals surface area (Å²) in [7, 11) is 0. The molecule has 0 unspecified atom stereocenters. The lowest BCUT2D eigenvalue weighted by atomic mass is 9.93. The first-order chi connectivity index (χ1) is 26.8. The molecule has 54 heavy (non-hydrogen) atoms. The van der Waals surface area contributed by atoms with Gasteiger partial charge in [0.05, 0.1) is 5.69 Å². The minimum Gasteiger partial charge on any atom is -0.454 e. The molecule has 10 aromatic rings. The molecule has 2 heteroatoms. The predicted molar refractivity (Wildman–Crippen MR) is 228 cm³/mol. The zero-order valence-electron chi connectivity index (χ0n) is 29.6. The van der Waals surface area contributed by atoms with Crippen LogP contribution in [-0.2, 0) is 0 Å². The Balaban J connectivity index is 1.12. The van der Waals surface area contributed by atoms with Crippen LogP contribution in [0.15, 0.2) is 217 Å². The van der Waals surface area contributed by atoms with Gasteiger partial charge in [-0.1, -0.05) is 170 Å². The normalized spacial score (nSPS) is 11.3. The van der Waals surface area contributed by atoms with Crippen LogP contribution >= 0.6 is 0 Å². The second-order valence-electron chi connectivity index (χ2n) is 13.7. The molecule has 0 fully saturated rings. The van der Waals surface area contributed by atoms with Gasteiger partial charge >= 0.3 is 0 Å². The van der Waals surface area contributed by atoms with Crippen molar-refractivity contribution in [1.29, 1.82) is 0 Å². The number of para-hydroxylation sites is 2. The van der Waals surface area contributed by atoms with Crippen molar-refractivity contribution in [2.24, 2.45) is 0 Å². The molecule has 0 saturated heterocycles. The number of hydrogen-bond donors (Lipinski definition) is 0. The van der Waals surface area contributed by atoms with Gasteiger partial charge in [-0.3, -0.25) is 0 Å². The first kappa shape index (κ1) is 31.6. The van der Waals surface area contributed by atoms with E-state index in [9.17, 15) is 0 Å². The minimum atomic E-state index is 0.861. The van der Waals surface area contributed by atoms with Crippen LogP contribution in [-0.4, -0.2) is 0 Å². The second-order valence-corrected chi connectivity index (χ2v) is 13.7. The van der Waals surface area contributed by atoms with Gasteiger partial charge in [0.25, 0.3) is 0 Å². The largest absolute Gasteiger partial charge is 0.454 e. The van der Waals surface area contributed by atoms with Gasteiger partial charge < -0.3 is 9.32 Å². The van der Waals surface area contributed by atoms with Crippen LogP contribution in [0.25, 0.3) is 77.2 Å². The monoisotopic (exact) mass is 689 g/mol. The smallest absolute Gasteiger partial charge is 0.159 e. The number of furan rings is 1. The first-order valence-corrected chi connectivity index (χ1v) is 18.4. The lowest BCUT2D eigenvalue weighted by Gasteiger charge is -2.27. The van der Waals surface area contributed by atoms with Gasteiger partial charge in [-0.25, -0.2) is 0 Å². The van der Waals surface area contributed by atoms with E-state index in [-0.39, 0.29) is 0 Å². The third kappa shape index (κ3) is 5.62. The van der Waals surface area contributed by atoms with Crippen LogP contribution in [0, 0.1) is 0 Å². The lowest BCUT2D eigenvalue weighted by molar-refractivity contribution is 0.669. The van der Waals surface area contributed by atoms with Crippen LogP contribution < -0.4 is 4.90 Å². The summed E-state index contributed by atoms with van der Waals surface area (Å²) in [6, 6.07) is 75.8. The van der Waals surface area contributed by atoms with Gasteiger partial charge in [-0.15, -0.1) is 0 Å². The third-order valence-electron chi connectivity index (χ3n) is 10.5. The number of nitrogens with zero attached hydrogens (tertiary/aromatic N) is 1.